The van der Waals surface area contributed by atoms with Crippen LogP contribution in [-0.4, -0.2) is 46.0 Å². The van der Waals surface area contributed by atoms with E-state index < -0.39 is 10.0 Å². The molecule has 110 valence electrons. The standard InChI is InChI=1S/C13H16N2O3S.ClH/c1-3-9-18-10-8-15(2)13-11-6-4-5-7-12(11)19(16,17)14-13;/h3-7H,1,8-10H2,2H3;1H. The van der Waals surface area contributed by atoms with Crippen LogP contribution >= 0.6 is 12.4 Å². The molecule has 0 spiro atoms. The molecule has 1 aromatic carbocycles. The minimum absolute atomic E-state index is 0. The second-order valence-electron chi connectivity index (χ2n) is 4.17. The highest BCUT2D eigenvalue weighted by Gasteiger charge is 2.30. The number of halogens is 1. The summed E-state index contributed by atoms with van der Waals surface area (Å²) in [7, 11) is -1.75. The molecule has 1 aliphatic heterocycles. The maximum absolute atomic E-state index is 11.9. The van der Waals surface area contributed by atoms with Crippen molar-refractivity contribution in [3.05, 3.63) is 42.5 Å². The second-order valence-corrected chi connectivity index (χ2v) is 5.74. The number of ether oxygens (including phenoxy) is 1. The summed E-state index contributed by atoms with van der Waals surface area (Å²) < 4.78 is 32.9. The monoisotopic (exact) mass is 316 g/mol. The predicted molar refractivity (Wildman–Crippen MR) is 81.1 cm³/mol. The van der Waals surface area contributed by atoms with Gasteiger partial charge in [-0.25, -0.2) is 0 Å². The van der Waals surface area contributed by atoms with E-state index >= 15 is 0 Å². The lowest BCUT2D eigenvalue weighted by Gasteiger charge is -2.18. The number of fused-ring (bicyclic) bond motifs is 1. The Morgan fingerprint density at radius 3 is 2.80 bits per heavy atom. The van der Waals surface area contributed by atoms with Crippen molar-refractivity contribution in [2.75, 3.05) is 26.8 Å². The first-order valence-electron chi connectivity index (χ1n) is 5.90. The number of nitrogens with zero attached hydrogens (tertiary/aromatic N) is 2. The van der Waals surface area contributed by atoms with Gasteiger partial charge in [-0.2, -0.15) is 8.42 Å². The molecule has 0 amide bonds. The molecule has 0 radical (unpaired) electrons. The first kappa shape index (κ1) is 16.7. The SMILES string of the molecule is C=CCOCCN(C)C1=NS(=O)(=O)c2ccccc21.Cl. The summed E-state index contributed by atoms with van der Waals surface area (Å²) >= 11 is 0. The molecule has 0 N–H and O–H groups in total. The molecular weight excluding hydrogens is 300 g/mol. The van der Waals surface area contributed by atoms with Crippen molar-refractivity contribution in [3.8, 4) is 0 Å². The smallest absolute Gasteiger partial charge is 0.285 e. The molecule has 0 fully saturated rings. The first-order chi connectivity index (χ1) is 9.06. The normalized spacial score (nSPS) is 14.9. The van der Waals surface area contributed by atoms with E-state index in [4.69, 9.17) is 4.74 Å². The van der Waals surface area contributed by atoms with Gasteiger partial charge in [-0.3, -0.25) is 0 Å². The molecule has 2 rings (SSSR count). The summed E-state index contributed by atoms with van der Waals surface area (Å²) in [4.78, 5) is 2.05. The number of likely N-dealkylation sites (N-methyl/N-ethyl adjacent to an activating group) is 1. The predicted octanol–water partition coefficient (Wildman–Crippen LogP) is 1.69. The Balaban J connectivity index is 0.00000200. The number of rotatable bonds is 5. The van der Waals surface area contributed by atoms with Gasteiger partial charge in [0, 0.05) is 19.2 Å². The van der Waals surface area contributed by atoms with Gasteiger partial charge in [0.05, 0.1) is 13.2 Å². The third-order valence-electron chi connectivity index (χ3n) is 2.78. The van der Waals surface area contributed by atoms with Crippen LogP contribution in [0.4, 0.5) is 0 Å². The van der Waals surface area contributed by atoms with E-state index in [1.165, 1.54) is 0 Å². The molecule has 1 aromatic rings. The Morgan fingerprint density at radius 1 is 1.40 bits per heavy atom. The van der Waals surface area contributed by atoms with E-state index in [1.807, 2.05) is 0 Å². The summed E-state index contributed by atoms with van der Waals surface area (Å²) in [5.41, 5.74) is 0.647. The molecule has 0 unspecified atom stereocenters. The van der Waals surface area contributed by atoms with Crippen LogP contribution in [0.5, 0.6) is 0 Å². The average molecular weight is 317 g/mol. The third-order valence-corrected chi connectivity index (χ3v) is 4.11. The largest absolute Gasteiger partial charge is 0.376 e. The summed E-state index contributed by atoms with van der Waals surface area (Å²) in [6, 6.07) is 6.84. The zero-order valence-electron chi connectivity index (χ0n) is 11.2. The highest BCUT2D eigenvalue weighted by atomic mass is 35.5. The number of hydrogen-bond acceptors (Lipinski definition) is 4. The van der Waals surface area contributed by atoms with Crippen LogP contribution in [0.3, 0.4) is 0 Å². The average Bonchev–Trinajstić information content (AvgIpc) is 2.67. The molecule has 1 aliphatic rings. The molecular formula is C13H17ClN2O3S. The Labute approximate surface area is 125 Å². The Hall–Kier alpha value is -1.37. The summed E-state index contributed by atoms with van der Waals surface area (Å²) in [5, 5.41) is 0. The topological polar surface area (TPSA) is 59.0 Å². The fourth-order valence-electron chi connectivity index (χ4n) is 1.84. The lowest BCUT2D eigenvalue weighted by molar-refractivity contribution is 0.150. The van der Waals surface area contributed by atoms with Crippen molar-refractivity contribution in [3.63, 3.8) is 0 Å². The number of benzene rings is 1. The molecule has 0 saturated carbocycles. The minimum atomic E-state index is -3.55. The van der Waals surface area contributed by atoms with Crippen LogP contribution in [0.2, 0.25) is 0 Å². The molecule has 0 atom stereocenters. The lowest BCUT2D eigenvalue weighted by Crippen LogP contribution is -2.30. The summed E-state index contributed by atoms with van der Waals surface area (Å²) in [6.45, 7) is 5.10. The maximum Gasteiger partial charge on any atom is 0.285 e. The van der Waals surface area contributed by atoms with Gasteiger partial charge in [0.2, 0.25) is 0 Å². The van der Waals surface area contributed by atoms with E-state index in [9.17, 15) is 8.42 Å². The van der Waals surface area contributed by atoms with Crippen LogP contribution < -0.4 is 0 Å². The fourth-order valence-corrected chi connectivity index (χ4v) is 3.09. The highest BCUT2D eigenvalue weighted by Crippen LogP contribution is 2.26. The van der Waals surface area contributed by atoms with Gasteiger partial charge < -0.3 is 9.64 Å². The van der Waals surface area contributed by atoms with Gasteiger partial charge in [0.1, 0.15) is 4.90 Å². The van der Waals surface area contributed by atoms with Crippen LogP contribution in [0.15, 0.2) is 46.2 Å². The molecule has 5 nitrogen and oxygen atoms in total. The third kappa shape index (κ3) is 3.39. The molecule has 1 heterocycles. The number of amidine groups is 1. The van der Waals surface area contributed by atoms with Crippen LogP contribution in [0.1, 0.15) is 5.56 Å². The van der Waals surface area contributed by atoms with Gasteiger partial charge in [-0.1, -0.05) is 18.2 Å². The van der Waals surface area contributed by atoms with Crippen molar-refractivity contribution in [2.45, 2.75) is 4.90 Å². The van der Waals surface area contributed by atoms with E-state index in [-0.39, 0.29) is 17.3 Å². The molecule has 7 heteroatoms. The fraction of sp³-hybridized carbons (Fsp3) is 0.308. The molecule has 0 aliphatic carbocycles. The zero-order chi connectivity index (χ0) is 13.9. The molecule has 20 heavy (non-hydrogen) atoms. The van der Waals surface area contributed by atoms with Crippen molar-refractivity contribution in [1.82, 2.24) is 4.90 Å². The zero-order valence-corrected chi connectivity index (χ0v) is 12.8. The Bertz CT molecular complexity index is 614. The van der Waals surface area contributed by atoms with E-state index in [0.717, 1.165) is 0 Å². The van der Waals surface area contributed by atoms with E-state index in [1.54, 1.807) is 42.3 Å². The van der Waals surface area contributed by atoms with Crippen molar-refractivity contribution < 1.29 is 13.2 Å². The maximum atomic E-state index is 11.9. The lowest BCUT2D eigenvalue weighted by atomic mass is 10.2. The number of hydrogen-bond donors (Lipinski definition) is 0. The molecule has 0 saturated heterocycles. The van der Waals surface area contributed by atoms with Crippen LogP contribution in [-0.2, 0) is 14.8 Å². The van der Waals surface area contributed by atoms with Gasteiger partial charge in [0.15, 0.2) is 5.84 Å². The molecule has 0 bridgehead atoms. The Morgan fingerprint density at radius 2 is 2.10 bits per heavy atom. The second kappa shape index (κ2) is 6.88. The van der Waals surface area contributed by atoms with E-state index in [2.05, 4.69) is 11.0 Å². The van der Waals surface area contributed by atoms with Gasteiger partial charge >= 0.3 is 0 Å². The first-order valence-corrected chi connectivity index (χ1v) is 7.34. The van der Waals surface area contributed by atoms with Crippen molar-refractivity contribution in [2.24, 2.45) is 4.40 Å². The van der Waals surface area contributed by atoms with Crippen molar-refractivity contribution in [1.29, 1.82) is 0 Å². The van der Waals surface area contributed by atoms with Crippen LogP contribution in [0.25, 0.3) is 0 Å². The summed E-state index contributed by atoms with van der Waals surface area (Å²) in [5.74, 6) is 0.470. The molecule has 0 aromatic heterocycles. The van der Waals surface area contributed by atoms with Gasteiger partial charge in [-0.15, -0.1) is 23.4 Å². The van der Waals surface area contributed by atoms with Crippen LogP contribution in [0, 0.1) is 0 Å². The summed E-state index contributed by atoms with van der Waals surface area (Å²) in [6.07, 6.45) is 1.67. The van der Waals surface area contributed by atoms with Crippen molar-refractivity contribution >= 4 is 28.3 Å². The van der Waals surface area contributed by atoms with E-state index in [0.29, 0.717) is 31.2 Å². The van der Waals surface area contributed by atoms with Gasteiger partial charge in [-0.05, 0) is 12.1 Å². The minimum Gasteiger partial charge on any atom is -0.376 e. The number of sulfonamides is 1. The highest BCUT2D eigenvalue weighted by molar-refractivity contribution is 7.90. The Kier molecular flexibility index (Phi) is 5.74. The quantitative estimate of drug-likeness (QED) is 0.613. The van der Waals surface area contributed by atoms with Gasteiger partial charge in [0.25, 0.3) is 10.0 Å².